The van der Waals surface area contributed by atoms with E-state index in [2.05, 4.69) is 0 Å². The standard InChI is InChI=1S/C13H17NO5/c1-10(15)12-9-11(14(16)17)5-6-13(12)19-8-4-3-7-18-2/h5-6,9H,3-4,7-8H2,1-2H3. The number of ketones is 1. The van der Waals surface area contributed by atoms with Crippen molar-refractivity contribution >= 4 is 11.5 Å². The van der Waals surface area contributed by atoms with Crippen LogP contribution in [0.2, 0.25) is 0 Å². The van der Waals surface area contributed by atoms with Gasteiger partial charge in [0.1, 0.15) is 5.75 Å². The Balaban J connectivity index is 2.71. The Labute approximate surface area is 111 Å². The van der Waals surface area contributed by atoms with E-state index in [-0.39, 0.29) is 17.0 Å². The van der Waals surface area contributed by atoms with Crippen molar-refractivity contribution in [1.29, 1.82) is 0 Å². The monoisotopic (exact) mass is 267 g/mol. The second-order valence-corrected chi connectivity index (χ2v) is 4.04. The van der Waals surface area contributed by atoms with Crippen LogP contribution in [0.5, 0.6) is 5.75 Å². The lowest BCUT2D eigenvalue weighted by atomic mass is 10.1. The maximum absolute atomic E-state index is 11.5. The summed E-state index contributed by atoms with van der Waals surface area (Å²) in [5, 5.41) is 10.7. The third-order valence-electron chi connectivity index (χ3n) is 2.55. The molecule has 0 atom stereocenters. The molecule has 0 unspecified atom stereocenters. The Hall–Kier alpha value is -1.95. The summed E-state index contributed by atoms with van der Waals surface area (Å²) in [4.78, 5) is 21.6. The van der Waals surface area contributed by atoms with Crippen molar-refractivity contribution in [2.75, 3.05) is 20.3 Å². The van der Waals surface area contributed by atoms with Gasteiger partial charge in [0.05, 0.1) is 17.1 Å². The molecule has 0 aliphatic carbocycles. The molecule has 0 aromatic heterocycles. The minimum absolute atomic E-state index is 0.114. The molecule has 0 aliphatic heterocycles. The molecular weight excluding hydrogens is 250 g/mol. The topological polar surface area (TPSA) is 78.7 Å². The van der Waals surface area contributed by atoms with Crippen molar-refractivity contribution in [3.8, 4) is 5.75 Å². The average molecular weight is 267 g/mol. The van der Waals surface area contributed by atoms with Gasteiger partial charge in [0.15, 0.2) is 5.78 Å². The predicted molar refractivity (Wildman–Crippen MR) is 69.7 cm³/mol. The van der Waals surface area contributed by atoms with E-state index in [4.69, 9.17) is 9.47 Å². The lowest BCUT2D eigenvalue weighted by Crippen LogP contribution is -2.04. The summed E-state index contributed by atoms with van der Waals surface area (Å²) < 4.78 is 10.4. The van der Waals surface area contributed by atoms with Crippen molar-refractivity contribution in [1.82, 2.24) is 0 Å². The zero-order chi connectivity index (χ0) is 14.3. The van der Waals surface area contributed by atoms with Gasteiger partial charge >= 0.3 is 0 Å². The quantitative estimate of drug-likeness (QED) is 0.313. The third kappa shape index (κ3) is 4.67. The molecule has 6 nitrogen and oxygen atoms in total. The van der Waals surface area contributed by atoms with Crippen LogP contribution in [0.3, 0.4) is 0 Å². The molecule has 1 aromatic rings. The van der Waals surface area contributed by atoms with Gasteiger partial charge in [-0.2, -0.15) is 0 Å². The van der Waals surface area contributed by atoms with Gasteiger partial charge in [0.2, 0.25) is 0 Å². The van der Waals surface area contributed by atoms with Gasteiger partial charge in [0.25, 0.3) is 5.69 Å². The van der Waals surface area contributed by atoms with Crippen LogP contribution in [0, 0.1) is 10.1 Å². The molecule has 6 heteroatoms. The van der Waals surface area contributed by atoms with Gasteiger partial charge in [-0.05, 0) is 25.8 Å². The molecule has 104 valence electrons. The lowest BCUT2D eigenvalue weighted by molar-refractivity contribution is -0.384. The van der Waals surface area contributed by atoms with Gasteiger partial charge in [0, 0.05) is 25.8 Å². The van der Waals surface area contributed by atoms with Crippen LogP contribution in [0.15, 0.2) is 18.2 Å². The highest BCUT2D eigenvalue weighted by molar-refractivity contribution is 5.97. The van der Waals surface area contributed by atoms with Crippen LogP contribution in [-0.2, 0) is 4.74 Å². The number of nitro groups is 1. The van der Waals surface area contributed by atoms with Crippen molar-refractivity contribution < 1.29 is 19.2 Å². The summed E-state index contributed by atoms with van der Waals surface area (Å²) in [6.45, 7) is 2.46. The average Bonchev–Trinajstić information content (AvgIpc) is 2.38. The van der Waals surface area contributed by atoms with Gasteiger partial charge in [-0.3, -0.25) is 14.9 Å². The molecule has 0 radical (unpaired) electrons. The first-order valence-corrected chi connectivity index (χ1v) is 5.97. The number of methoxy groups -OCH3 is 1. The summed E-state index contributed by atoms with van der Waals surface area (Å²) in [7, 11) is 1.63. The highest BCUT2D eigenvalue weighted by Crippen LogP contribution is 2.24. The largest absolute Gasteiger partial charge is 0.493 e. The van der Waals surface area contributed by atoms with Crippen LogP contribution >= 0.6 is 0 Å². The van der Waals surface area contributed by atoms with E-state index < -0.39 is 4.92 Å². The smallest absolute Gasteiger partial charge is 0.270 e. The molecule has 0 amide bonds. The minimum atomic E-state index is -0.533. The molecule has 0 aliphatic rings. The zero-order valence-corrected chi connectivity index (χ0v) is 11.0. The molecule has 0 heterocycles. The first-order valence-electron chi connectivity index (χ1n) is 5.97. The van der Waals surface area contributed by atoms with Crippen molar-refractivity contribution in [3.63, 3.8) is 0 Å². The van der Waals surface area contributed by atoms with E-state index in [0.29, 0.717) is 19.0 Å². The first-order chi connectivity index (χ1) is 9.06. The van der Waals surface area contributed by atoms with E-state index in [0.717, 1.165) is 12.8 Å². The Morgan fingerprint density at radius 1 is 1.32 bits per heavy atom. The number of nitro benzene ring substituents is 1. The number of Topliss-reactive ketones (excluding diaryl/α,β-unsaturated/α-hetero) is 1. The molecular formula is C13H17NO5. The summed E-state index contributed by atoms with van der Waals surface area (Å²) in [5.41, 5.74) is 0.123. The second-order valence-electron chi connectivity index (χ2n) is 4.04. The van der Waals surface area contributed by atoms with E-state index in [1.807, 2.05) is 0 Å². The molecule has 0 N–H and O–H groups in total. The van der Waals surface area contributed by atoms with Gasteiger partial charge in [-0.1, -0.05) is 0 Å². The normalized spacial score (nSPS) is 10.2. The number of ether oxygens (including phenoxy) is 2. The molecule has 19 heavy (non-hydrogen) atoms. The molecule has 0 saturated carbocycles. The molecule has 1 aromatic carbocycles. The van der Waals surface area contributed by atoms with Crippen LogP contribution in [-0.4, -0.2) is 31.0 Å². The molecule has 0 spiro atoms. The van der Waals surface area contributed by atoms with Crippen molar-refractivity contribution in [2.45, 2.75) is 19.8 Å². The van der Waals surface area contributed by atoms with Crippen LogP contribution < -0.4 is 4.74 Å². The number of rotatable bonds is 8. The predicted octanol–water partition coefficient (Wildman–Crippen LogP) is 2.60. The molecule has 0 saturated heterocycles. The second kappa shape index (κ2) is 7.48. The van der Waals surface area contributed by atoms with Crippen LogP contribution in [0.1, 0.15) is 30.1 Å². The molecule has 0 bridgehead atoms. The summed E-state index contributed by atoms with van der Waals surface area (Å²) >= 11 is 0. The lowest BCUT2D eigenvalue weighted by Gasteiger charge is -2.09. The highest BCUT2D eigenvalue weighted by atomic mass is 16.6. The Kier molecular flexibility index (Phi) is 5.95. The third-order valence-corrected chi connectivity index (χ3v) is 2.55. The summed E-state index contributed by atoms with van der Waals surface area (Å²) in [6.07, 6.45) is 1.65. The summed E-state index contributed by atoms with van der Waals surface area (Å²) in [6, 6.07) is 4.04. The Morgan fingerprint density at radius 2 is 2.00 bits per heavy atom. The minimum Gasteiger partial charge on any atom is -0.493 e. The number of hydrogen-bond acceptors (Lipinski definition) is 5. The van der Waals surface area contributed by atoms with Crippen LogP contribution in [0.4, 0.5) is 5.69 Å². The fourth-order valence-corrected chi connectivity index (χ4v) is 1.56. The number of benzene rings is 1. The van der Waals surface area contributed by atoms with Gasteiger partial charge in [-0.15, -0.1) is 0 Å². The summed E-state index contributed by atoms with van der Waals surface area (Å²) in [5.74, 6) is 0.131. The SMILES string of the molecule is COCCCCOc1ccc([N+](=O)[O-])cc1C(C)=O. The first kappa shape index (κ1) is 15.1. The Morgan fingerprint density at radius 3 is 2.58 bits per heavy atom. The van der Waals surface area contributed by atoms with Crippen LogP contribution in [0.25, 0.3) is 0 Å². The van der Waals surface area contributed by atoms with E-state index in [1.165, 1.54) is 25.1 Å². The van der Waals surface area contributed by atoms with Gasteiger partial charge < -0.3 is 9.47 Å². The van der Waals surface area contributed by atoms with E-state index in [9.17, 15) is 14.9 Å². The number of nitrogens with zero attached hydrogens (tertiary/aromatic N) is 1. The number of carbonyl (C=O) groups is 1. The van der Waals surface area contributed by atoms with Gasteiger partial charge in [-0.25, -0.2) is 0 Å². The highest BCUT2D eigenvalue weighted by Gasteiger charge is 2.14. The van der Waals surface area contributed by atoms with E-state index >= 15 is 0 Å². The number of hydrogen-bond donors (Lipinski definition) is 0. The van der Waals surface area contributed by atoms with Crippen molar-refractivity contribution in [3.05, 3.63) is 33.9 Å². The maximum Gasteiger partial charge on any atom is 0.270 e. The molecule has 1 rings (SSSR count). The number of non-ortho nitro benzene ring substituents is 1. The molecule has 0 fully saturated rings. The Bertz CT molecular complexity index is 458. The van der Waals surface area contributed by atoms with E-state index in [1.54, 1.807) is 7.11 Å². The maximum atomic E-state index is 11.5. The fraction of sp³-hybridized carbons (Fsp3) is 0.462. The zero-order valence-electron chi connectivity index (χ0n) is 11.0. The van der Waals surface area contributed by atoms with Crippen molar-refractivity contribution in [2.24, 2.45) is 0 Å². The fourth-order valence-electron chi connectivity index (χ4n) is 1.56. The number of unbranched alkanes of at least 4 members (excludes halogenated alkanes) is 1. The number of carbonyl (C=O) groups excluding carboxylic acids is 1.